The first-order valence-corrected chi connectivity index (χ1v) is 17.1. The molecular weight excluding hydrogens is 548 g/mol. The molecule has 0 saturated heterocycles. The Morgan fingerprint density at radius 3 is 1.81 bits per heavy atom. The molecule has 0 aliphatic rings. The van der Waals surface area contributed by atoms with E-state index in [0.29, 0.717) is 12.8 Å². The minimum atomic E-state index is -1.39. The van der Waals surface area contributed by atoms with Gasteiger partial charge in [0.15, 0.2) is 0 Å². The second-order valence-electron chi connectivity index (χ2n) is 11.6. The van der Waals surface area contributed by atoms with Crippen molar-refractivity contribution in [3.05, 3.63) is 12.2 Å². The predicted molar refractivity (Wildman–Crippen MR) is 172 cm³/mol. The van der Waals surface area contributed by atoms with Crippen molar-refractivity contribution in [3.63, 3.8) is 0 Å². The number of rotatable bonds is 30. The number of esters is 1. The molecule has 2 unspecified atom stereocenters. The standard InChI is InChI=1S/C34H62N2O7/c1-3-5-7-8-9-10-11-12-13-14-15-16-17-18-22-26-33(40)43-29(23-6-4-2)24-20-19-21-25-31(38)35-27-32(39)36-30(28-37)34(41)42/h12-13,29-30,37H,3-11,14-28H2,1-2H3,(H,35,38)(H,36,39)(H,41,42)/b13-12-. The van der Waals surface area contributed by atoms with Gasteiger partial charge in [-0.1, -0.05) is 96.6 Å². The Labute approximate surface area is 261 Å². The number of unbranched alkanes of at least 4 members (excludes halogenated alkanes) is 14. The number of allylic oxidation sites excluding steroid dienone is 2. The molecule has 0 aromatic rings. The van der Waals surface area contributed by atoms with Gasteiger partial charge in [0.25, 0.3) is 0 Å². The van der Waals surface area contributed by atoms with Crippen LogP contribution in [0.25, 0.3) is 0 Å². The molecule has 4 N–H and O–H groups in total. The Morgan fingerprint density at radius 1 is 0.674 bits per heavy atom. The Kier molecular flexibility index (Phi) is 28.0. The third-order valence-corrected chi connectivity index (χ3v) is 7.51. The van der Waals surface area contributed by atoms with Crippen LogP contribution in [0.15, 0.2) is 12.2 Å². The van der Waals surface area contributed by atoms with Crippen LogP contribution < -0.4 is 10.6 Å². The fourth-order valence-electron chi connectivity index (χ4n) is 4.81. The summed E-state index contributed by atoms with van der Waals surface area (Å²) in [6.07, 6.45) is 27.2. The quantitative estimate of drug-likeness (QED) is 0.0400. The van der Waals surface area contributed by atoms with Crippen LogP contribution >= 0.6 is 0 Å². The van der Waals surface area contributed by atoms with Crippen molar-refractivity contribution in [2.24, 2.45) is 0 Å². The van der Waals surface area contributed by atoms with Gasteiger partial charge in [-0.15, -0.1) is 0 Å². The van der Waals surface area contributed by atoms with E-state index in [2.05, 4.69) is 36.6 Å². The van der Waals surface area contributed by atoms with Crippen LogP contribution in [0.3, 0.4) is 0 Å². The molecule has 0 heterocycles. The second kappa shape index (κ2) is 29.6. The smallest absolute Gasteiger partial charge is 0.328 e. The minimum absolute atomic E-state index is 0.0817. The summed E-state index contributed by atoms with van der Waals surface area (Å²) >= 11 is 0. The summed E-state index contributed by atoms with van der Waals surface area (Å²) in [5.41, 5.74) is 0. The zero-order valence-corrected chi connectivity index (χ0v) is 27.2. The number of carboxylic acids is 1. The van der Waals surface area contributed by atoms with E-state index in [1.54, 1.807) is 0 Å². The van der Waals surface area contributed by atoms with Gasteiger partial charge in [0, 0.05) is 12.8 Å². The number of hydrogen-bond donors (Lipinski definition) is 4. The molecule has 2 amide bonds. The van der Waals surface area contributed by atoms with E-state index in [1.807, 2.05) is 0 Å². The summed E-state index contributed by atoms with van der Waals surface area (Å²) in [6, 6.07) is -1.39. The molecule has 0 aromatic carbocycles. The van der Waals surface area contributed by atoms with Crippen molar-refractivity contribution in [1.29, 1.82) is 0 Å². The van der Waals surface area contributed by atoms with E-state index < -0.39 is 24.5 Å². The molecule has 0 aromatic heterocycles. The number of aliphatic hydroxyl groups excluding tert-OH is 1. The van der Waals surface area contributed by atoms with Crippen LogP contribution in [0.4, 0.5) is 0 Å². The number of carbonyl (C=O) groups is 4. The summed E-state index contributed by atoms with van der Waals surface area (Å²) in [5.74, 6) is -2.41. The SMILES string of the molecule is CCCCCCCC/C=C\CCCCCCCC(=O)OC(CCCC)CCCCCC(=O)NCC(=O)NC(CO)C(=O)O. The van der Waals surface area contributed by atoms with Crippen molar-refractivity contribution in [2.75, 3.05) is 13.2 Å². The Hall–Kier alpha value is -2.42. The number of amides is 2. The maximum absolute atomic E-state index is 12.4. The molecule has 0 saturated carbocycles. The number of nitrogens with one attached hydrogen (secondary N) is 2. The van der Waals surface area contributed by atoms with Crippen LogP contribution in [-0.4, -0.2) is 59.3 Å². The highest BCUT2D eigenvalue weighted by molar-refractivity contribution is 5.87. The summed E-state index contributed by atoms with van der Waals surface area (Å²) in [5, 5.41) is 22.4. The normalized spacial score (nSPS) is 12.6. The Morgan fingerprint density at radius 2 is 1.21 bits per heavy atom. The highest BCUT2D eigenvalue weighted by Gasteiger charge is 2.19. The van der Waals surface area contributed by atoms with Crippen LogP contribution in [-0.2, 0) is 23.9 Å². The maximum Gasteiger partial charge on any atom is 0.328 e. The fourth-order valence-corrected chi connectivity index (χ4v) is 4.81. The summed E-state index contributed by atoms with van der Waals surface area (Å²) in [7, 11) is 0. The molecule has 0 fully saturated rings. The van der Waals surface area contributed by atoms with Gasteiger partial charge in [0.05, 0.1) is 13.2 Å². The molecule has 0 rings (SSSR count). The largest absolute Gasteiger partial charge is 0.480 e. The molecule has 0 spiro atoms. The van der Waals surface area contributed by atoms with Gasteiger partial charge >= 0.3 is 11.9 Å². The van der Waals surface area contributed by atoms with Gasteiger partial charge in [-0.05, 0) is 57.8 Å². The summed E-state index contributed by atoms with van der Waals surface area (Å²) in [4.78, 5) is 46.9. The van der Waals surface area contributed by atoms with Crippen molar-refractivity contribution >= 4 is 23.8 Å². The van der Waals surface area contributed by atoms with E-state index in [-0.39, 0.29) is 30.9 Å². The van der Waals surface area contributed by atoms with E-state index in [9.17, 15) is 19.2 Å². The third-order valence-electron chi connectivity index (χ3n) is 7.51. The topological polar surface area (TPSA) is 142 Å². The molecule has 0 radical (unpaired) electrons. The first-order chi connectivity index (χ1) is 20.8. The fraction of sp³-hybridized carbons (Fsp3) is 0.824. The maximum atomic E-state index is 12.4. The van der Waals surface area contributed by atoms with E-state index in [0.717, 1.165) is 64.2 Å². The number of hydrogen-bond acceptors (Lipinski definition) is 6. The predicted octanol–water partition coefficient (Wildman–Crippen LogP) is 6.75. The molecule has 0 bridgehead atoms. The number of aliphatic carboxylic acids is 1. The highest BCUT2D eigenvalue weighted by atomic mass is 16.5. The van der Waals surface area contributed by atoms with Gasteiger partial charge in [-0.3, -0.25) is 14.4 Å². The average Bonchev–Trinajstić information content (AvgIpc) is 2.98. The van der Waals surface area contributed by atoms with Crippen molar-refractivity contribution in [3.8, 4) is 0 Å². The first kappa shape index (κ1) is 40.6. The lowest BCUT2D eigenvalue weighted by Crippen LogP contribution is -2.47. The zero-order valence-electron chi connectivity index (χ0n) is 27.2. The average molecular weight is 611 g/mol. The Balaban J connectivity index is 3.92. The zero-order chi connectivity index (χ0) is 32.0. The molecule has 43 heavy (non-hydrogen) atoms. The molecule has 9 nitrogen and oxygen atoms in total. The molecule has 250 valence electrons. The number of carbonyl (C=O) groups excluding carboxylic acids is 3. The minimum Gasteiger partial charge on any atom is -0.480 e. The van der Waals surface area contributed by atoms with Crippen molar-refractivity contribution in [2.45, 2.75) is 167 Å². The molecule has 2 atom stereocenters. The summed E-state index contributed by atoms with van der Waals surface area (Å²) in [6.45, 7) is 3.31. The molecular formula is C34H62N2O7. The van der Waals surface area contributed by atoms with Gasteiger partial charge < -0.3 is 25.6 Å². The van der Waals surface area contributed by atoms with Crippen molar-refractivity contribution < 1.29 is 34.1 Å². The van der Waals surface area contributed by atoms with Crippen LogP contribution in [0.5, 0.6) is 0 Å². The van der Waals surface area contributed by atoms with Crippen LogP contribution in [0, 0.1) is 0 Å². The molecule has 0 aliphatic heterocycles. The number of ether oxygens (including phenoxy) is 1. The van der Waals surface area contributed by atoms with Gasteiger partial charge in [0.2, 0.25) is 11.8 Å². The van der Waals surface area contributed by atoms with Crippen molar-refractivity contribution in [1.82, 2.24) is 10.6 Å². The highest BCUT2D eigenvalue weighted by Crippen LogP contribution is 2.16. The molecule has 9 heteroatoms. The lowest BCUT2D eigenvalue weighted by Gasteiger charge is -2.18. The first-order valence-electron chi connectivity index (χ1n) is 17.1. The van der Waals surface area contributed by atoms with E-state index in [4.69, 9.17) is 14.9 Å². The molecule has 0 aliphatic carbocycles. The van der Waals surface area contributed by atoms with Crippen LogP contribution in [0.1, 0.15) is 155 Å². The second-order valence-corrected chi connectivity index (χ2v) is 11.6. The van der Waals surface area contributed by atoms with Gasteiger partial charge in [-0.25, -0.2) is 4.79 Å². The monoisotopic (exact) mass is 610 g/mol. The van der Waals surface area contributed by atoms with Crippen LogP contribution in [0.2, 0.25) is 0 Å². The van der Waals surface area contributed by atoms with Gasteiger partial charge in [0.1, 0.15) is 12.1 Å². The Bertz CT molecular complexity index is 757. The lowest BCUT2D eigenvalue weighted by molar-refractivity contribution is -0.150. The summed E-state index contributed by atoms with van der Waals surface area (Å²) < 4.78 is 5.79. The van der Waals surface area contributed by atoms with E-state index in [1.165, 1.54) is 57.8 Å². The number of aliphatic hydroxyl groups is 1. The van der Waals surface area contributed by atoms with E-state index >= 15 is 0 Å². The van der Waals surface area contributed by atoms with Gasteiger partial charge in [-0.2, -0.15) is 0 Å². The lowest BCUT2D eigenvalue weighted by atomic mass is 10.0. The third kappa shape index (κ3) is 26.9. The number of carboxylic acid groups (broad SMARTS) is 1.